The molecule has 0 atom stereocenters. The van der Waals surface area contributed by atoms with Gasteiger partial charge >= 0.3 is 51.2 Å². The Bertz CT molecular complexity index is 13.8. The fourth-order valence-corrected chi connectivity index (χ4v) is 0. The van der Waals surface area contributed by atoms with E-state index in [1.165, 1.54) is 0 Å². The fraction of sp³-hybridized carbons (Fsp3) is 0. The number of hydrogen-bond acceptors (Lipinski definition) is 0. The van der Waals surface area contributed by atoms with Gasteiger partial charge in [0.2, 0.25) is 0 Å². The Labute approximate surface area is 81.4 Å². The molecule has 0 bridgehead atoms. The van der Waals surface area contributed by atoms with Gasteiger partial charge in [0.25, 0.3) is 0 Å². The molecule has 0 heterocycles. The van der Waals surface area contributed by atoms with Crippen LogP contribution in [0.15, 0.2) is 0 Å². The molecule has 0 fully saturated rings. The first-order chi connectivity index (χ1) is 0. The van der Waals surface area contributed by atoms with Crippen molar-refractivity contribution in [3.05, 3.63) is 0 Å². The minimum absolute atomic E-state index is 0. The molecule has 0 aromatic rings. The Kier molecular flexibility index (Phi) is 417. The molecule has 0 N–H and O–H groups in total. The topological polar surface area (TPSA) is 0 Å². The van der Waals surface area contributed by atoms with E-state index in [-0.39, 0.29) is 81.7 Å². The zero-order valence-electron chi connectivity index (χ0n) is 5.66. The fourth-order valence-electron chi connectivity index (χ4n) is 0. The van der Waals surface area contributed by atoms with E-state index < -0.39 is 0 Å². The van der Waals surface area contributed by atoms with Gasteiger partial charge in [-0.1, -0.05) is 0 Å². The van der Waals surface area contributed by atoms with Gasteiger partial charge in [0.05, 0.1) is 0 Å². The van der Waals surface area contributed by atoms with E-state index in [4.69, 9.17) is 0 Å². The molecular weight excluding hydrogens is 262 g/mol. The molecule has 0 rings (SSSR count). The molecule has 0 spiro atoms. The van der Waals surface area contributed by atoms with Crippen molar-refractivity contribution in [1.82, 2.24) is 0 Å². The summed E-state index contributed by atoms with van der Waals surface area (Å²) in [6, 6.07) is 0. The first-order valence-corrected chi connectivity index (χ1v) is 0. The summed E-state index contributed by atoms with van der Waals surface area (Å²) in [6.07, 6.45) is 0. The summed E-state index contributed by atoms with van der Waals surface area (Å²) >= 11 is 0. The zero-order valence-corrected chi connectivity index (χ0v) is 6.00. The Balaban J connectivity index is 0. The van der Waals surface area contributed by atoms with Crippen LogP contribution < -0.4 is 24.8 Å². The van der Waals surface area contributed by atoms with E-state index in [0.29, 0.717) is 0 Å². The standard InChI is InChI=1S/2ClH.3Cu.4H/h2*1H;;;;;;;/q;;3*+2;4*-1/p-2. The summed E-state index contributed by atoms with van der Waals surface area (Å²) in [5.41, 5.74) is 0. The molecule has 0 aliphatic heterocycles. The van der Waals surface area contributed by atoms with Crippen molar-refractivity contribution in [2.75, 3.05) is 0 Å². The van der Waals surface area contributed by atoms with Crippen molar-refractivity contribution in [3.63, 3.8) is 0 Å². The molecule has 0 aromatic carbocycles. The average molecular weight is 266 g/mol. The molecular formula is H4Cl2Cu3. The average Bonchev–Trinajstić information content (AvgIpc) is 0. The first-order valence-electron chi connectivity index (χ1n) is 0. The second-order valence-electron chi connectivity index (χ2n) is 0. The minimum atomic E-state index is 0. The van der Waals surface area contributed by atoms with Crippen LogP contribution in [0.4, 0.5) is 0 Å². The molecule has 0 saturated heterocycles. The van der Waals surface area contributed by atoms with E-state index in [2.05, 4.69) is 0 Å². The van der Waals surface area contributed by atoms with Crippen molar-refractivity contribution in [2.24, 2.45) is 0 Å². The molecule has 0 saturated carbocycles. The molecule has 0 aliphatic rings. The zero-order chi connectivity index (χ0) is 0. The maximum atomic E-state index is 0. The quantitative estimate of drug-likeness (QED) is 0.383. The van der Waals surface area contributed by atoms with Crippen LogP contribution in [0.1, 0.15) is 5.71 Å². The number of halogens is 2. The van der Waals surface area contributed by atoms with Crippen LogP contribution in [0.2, 0.25) is 0 Å². The van der Waals surface area contributed by atoms with Crippen molar-refractivity contribution in [2.45, 2.75) is 0 Å². The predicted octanol–water partition coefficient (Wildman–Crippen LogP) is -5.55. The molecule has 5 heteroatoms. The van der Waals surface area contributed by atoms with E-state index in [0.717, 1.165) is 0 Å². The van der Waals surface area contributed by atoms with E-state index in [1.807, 2.05) is 0 Å². The van der Waals surface area contributed by atoms with Crippen molar-refractivity contribution in [1.29, 1.82) is 0 Å². The van der Waals surface area contributed by atoms with Crippen LogP contribution in [0.25, 0.3) is 0 Å². The maximum Gasteiger partial charge on any atom is 2.00 e. The summed E-state index contributed by atoms with van der Waals surface area (Å²) < 4.78 is 0. The molecule has 0 aromatic heterocycles. The summed E-state index contributed by atoms with van der Waals surface area (Å²) in [5.74, 6) is 0. The number of rotatable bonds is 0. The van der Waals surface area contributed by atoms with Crippen LogP contribution in [0.3, 0.4) is 0 Å². The second kappa shape index (κ2) is 35.4. The molecule has 5 heavy (non-hydrogen) atoms. The SMILES string of the molecule is [Cl-].[Cl-].[Cu+2].[Cu+2].[Cu+2].[H-].[H-].[H-].[H-]. The van der Waals surface area contributed by atoms with Gasteiger partial charge in [0.1, 0.15) is 0 Å². The van der Waals surface area contributed by atoms with Gasteiger partial charge in [0.15, 0.2) is 0 Å². The van der Waals surface area contributed by atoms with Crippen LogP contribution in [0, 0.1) is 0 Å². The Morgan fingerprint density at radius 1 is 0.600 bits per heavy atom. The van der Waals surface area contributed by atoms with Crippen LogP contribution in [-0.2, 0) is 51.2 Å². The minimum Gasteiger partial charge on any atom is -1.00 e. The normalized spacial score (nSPS) is 0. The largest absolute Gasteiger partial charge is 2.00 e. The third-order valence-corrected chi connectivity index (χ3v) is 0. The summed E-state index contributed by atoms with van der Waals surface area (Å²) in [6.45, 7) is 0. The monoisotopic (exact) mass is 263 g/mol. The van der Waals surface area contributed by atoms with Crippen molar-refractivity contribution >= 4 is 0 Å². The van der Waals surface area contributed by atoms with Gasteiger partial charge in [-0.05, 0) is 0 Å². The van der Waals surface area contributed by atoms with E-state index in [9.17, 15) is 0 Å². The maximum absolute atomic E-state index is 0. The van der Waals surface area contributed by atoms with Crippen molar-refractivity contribution in [3.8, 4) is 0 Å². The molecule has 3 radical (unpaired) electrons. The van der Waals surface area contributed by atoms with Crippen LogP contribution in [-0.4, -0.2) is 0 Å². The van der Waals surface area contributed by atoms with Crippen LogP contribution >= 0.6 is 0 Å². The molecule has 0 amide bonds. The Morgan fingerprint density at radius 2 is 0.600 bits per heavy atom. The van der Waals surface area contributed by atoms with Gasteiger partial charge in [-0.3, -0.25) is 0 Å². The molecule has 51 valence electrons. The third kappa shape index (κ3) is 23.0. The Morgan fingerprint density at radius 3 is 0.600 bits per heavy atom. The third-order valence-electron chi connectivity index (χ3n) is 0. The van der Waals surface area contributed by atoms with Gasteiger partial charge in [-0.2, -0.15) is 0 Å². The van der Waals surface area contributed by atoms with E-state index >= 15 is 0 Å². The first kappa shape index (κ1) is 58.8. The second-order valence-corrected chi connectivity index (χ2v) is 0. The van der Waals surface area contributed by atoms with Gasteiger partial charge in [-0.25, -0.2) is 0 Å². The smallest absolute Gasteiger partial charge is 1.00 e. The van der Waals surface area contributed by atoms with Gasteiger partial charge in [-0.15, -0.1) is 0 Å². The molecule has 0 nitrogen and oxygen atoms in total. The van der Waals surface area contributed by atoms with Gasteiger partial charge < -0.3 is 30.5 Å². The summed E-state index contributed by atoms with van der Waals surface area (Å²) in [5, 5.41) is 0. The molecule has 0 aliphatic carbocycles. The molecule has 0 unspecified atom stereocenters. The number of hydrogen-bond donors (Lipinski definition) is 0. The summed E-state index contributed by atoms with van der Waals surface area (Å²) in [4.78, 5) is 0. The van der Waals surface area contributed by atoms with E-state index in [1.54, 1.807) is 0 Å². The Hall–Kier alpha value is 2.14. The van der Waals surface area contributed by atoms with Gasteiger partial charge in [0, 0.05) is 0 Å². The predicted molar refractivity (Wildman–Crippen MR) is 4.45 cm³/mol. The van der Waals surface area contributed by atoms with Crippen molar-refractivity contribution < 1.29 is 81.7 Å². The van der Waals surface area contributed by atoms with Crippen LogP contribution in [0.5, 0.6) is 0 Å². The summed E-state index contributed by atoms with van der Waals surface area (Å²) in [7, 11) is 0.